The van der Waals surface area contributed by atoms with Crippen LogP contribution in [0.1, 0.15) is 38.5 Å². The van der Waals surface area contributed by atoms with Crippen molar-refractivity contribution in [2.24, 2.45) is 0 Å². The lowest BCUT2D eigenvalue weighted by molar-refractivity contribution is -0.137. The van der Waals surface area contributed by atoms with Crippen molar-refractivity contribution in [3.8, 4) is 22.6 Å². The van der Waals surface area contributed by atoms with Crippen LogP contribution >= 0.6 is 0 Å². The van der Waals surface area contributed by atoms with Gasteiger partial charge < -0.3 is 19.3 Å². The summed E-state index contributed by atoms with van der Waals surface area (Å²) in [6.45, 7) is -0.0109. The molecule has 174 valence electrons. The minimum absolute atomic E-state index is 0.00995. The van der Waals surface area contributed by atoms with E-state index in [4.69, 9.17) is 19.3 Å². The summed E-state index contributed by atoms with van der Waals surface area (Å²) in [6, 6.07) is 3.84. The molecular formula is C23H24F4O5. The third kappa shape index (κ3) is 5.91. The molecule has 0 amide bonds. The predicted octanol–water partition coefficient (Wildman–Crippen LogP) is 5.49. The zero-order chi connectivity index (χ0) is 23.3. The van der Waals surface area contributed by atoms with Gasteiger partial charge in [-0.15, -0.1) is 0 Å². The summed E-state index contributed by atoms with van der Waals surface area (Å²) in [5, 5.41) is 8.58. The standard InChI is InChI=1S/C23H24F4O5/c1-30-14-9-15(10-14)32-16-11-17(22(27)18(24)12-16)13-7-19(25)23(20(26)8-13)31-6-4-2-3-5-21(28)29/h7-8,11-12,14-15H,2-6,9-10H2,1H3,(H,28,29). The van der Waals surface area contributed by atoms with Crippen LogP contribution in [0.2, 0.25) is 0 Å². The van der Waals surface area contributed by atoms with Crippen LogP contribution in [0.4, 0.5) is 17.6 Å². The number of hydrogen-bond acceptors (Lipinski definition) is 4. The summed E-state index contributed by atoms with van der Waals surface area (Å²) in [7, 11) is 1.58. The van der Waals surface area contributed by atoms with E-state index in [1.165, 1.54) is 6.07 Å². The van der Waals surface area contributed by atoms with Crippen molar-refractivity contribution in [1.29, 1.82) is 0 Å². The van der Waals surface area contributed by atoms with Crippen LogP contribution in [-0.4, -0.2) is 37.0 Å². The fourth-order valence-corrected chi connectivity index (χ4v) is 3.42. The molecule has 0 atom stereocenters. The van der Waals surface area contributed by atoms with Gasteiger partial charge in [-0.05, 0) is 43.0 Å². The van der Waals surface area contributed by atoms with Crippen LogP contribution in [0.15, 0.2) is 24.3 Å². The van der Waals surface area contributed by atoms with Gasteiger partial charge in [0.1, 0.15) is 11.9 Å². The minimum Gasteiger partial charge on any atom is -0.490 e. The van der Waals surface area contributed by atoms with Gasteiger partial charge in [0.15, 0.2) is 29.0 Å². The molecule has 1 saturated carbocycles. The molecule has 0 heterocycles. The molecule has 0 spiro atoms. The minimum atomic E-state index is -1.24. The van der Waals surface area contributed by atoms with Gasteiger partial charge in [0.25, 0.3) is 0 Å². The first-order valence-electron chi connectivity index (χ1n) is 10.3. The monoisotopic (exact) mass is 456 g/mol. The number of halogens is 4. The van der Waals surface area contributed by atoms with E-state index in [0.717, 1.165) is 18.2 Å². The lowest BCUT2D eigenvalue weighted by Gasteiger charge is -2.34. The van der Waals surface area contributed by atoms with Gasteiger partial charge in [-0.2, -0.15) is 0 Å². The van der Waals surface area contributed by atoms with Crippen molar-refractivity contribution in [2.45, 2.75) is 50.7 Å². The fourth-order valence-electron chi connectivity index (χ4n) is 3.42. The Labute approximate surface area is 182 Å². The molecule has 0 saturated heterocycles. The van der Waals surface area contributed by atoms with Crippen LogP contribution in [-0.2, 0) is 9.53 Å². The second-order valence-electron chi connectivity index (χ2n) is 7.66. The first-order chi connectivity index (χ1) is 15.3. The van der Waals surface area contributed by atoms with Gasteiger partial charge in [-0.3, -0.25) is 4.79 Å². The molecule has 1 fully saturated rings. The van der Waals surface area contributed by atoms with Crippen LogP contribution in [0.3, 0.4) is 0 Å². The second kappa shape index (κ2) is 10.7. The summed E-state index contributed by atoms with van der Waals surface area (Å²) in [5.74, 6) is -6.03. The summed E-state index contributed by atoms with van der Waals surface area (Å²) in [4.78, 5) is 10.5. The average molecular weight is 456 g/mol. The number of aliphatic carboxylic acids is 1. The Morgan fingerprint density at radius 3 is 2.28 bits per heavy atom. The zero-order valence-electron chi connectivity index (χ0n) is 17.5. The van der Waals surface area contributed by atoms with E-state index in [1.807, 2.05) is 0 Å². The molecular weight excluding hydrogens is 432 g/mol. The van der Waals surface area contributed by atoms with Crippen LogP contribution < -0.4 is 9.47 Å². The average Bonchev–Trinajstić information content (AvgIpc) is 2.70. The number of carboxylic acids is 1. The molecule has 1 N–H and O–H groups in total. The van der Waals surface area contributed by atoms with Gasteiger partial charge in [-0.25, -0.2) is 17.6 Å². The van der Waals surface area contributed by atoms with Gasteiger partial charge in [-0.1, -0.05) is 0 Å². The summed E-state index contributed by atoms with van der Waals surface area (Å²) >= 11 is 0. The Hall–Kier alpha value is -2.81. The molecule has 2 aromatic rings. The fraction of sp³-hybridized carbons (Fsp3) is 0.435. The Morgan fingerprint density at radius 2 is 1.66 bits per heavy atom. The van der Waals surface area contributed by atoms with E-state index >= 15 is 0 Å². The Bertz CT molecular complexity index is 937. The Kier molecular flexibility index (Phi) is 7.95. The summed E-state index contributed by atoms with van der Waals surface area (Å²) in [5.41, 5.74) is -0.528. The molecule has 0 unspecified atom stereocenters. The highest BCUT2D eigenvalue weighted by Gasteiger charge is 2.31. The molecule has 0 aliphatic heterocycles. The molecule has 3 rings (SSSR count). The summed E-state index contributed by atoms with van der Waals surface area (Å²) in [6.07, 6.45) is 2.44. The van der Waals surface area contributed by atoms with E-state index in [1.54, 1.807) is 7.11 Å². The lowest BCUT2D eigenvalue weighted by Crippen LogP contribution is -2.38. The third-order valence-electron chi connectivity index (χ3n) is 5.28. The molecule has 1 aliphatic carbocycles. The van der Waals surface area contributed by atoms with Crippen molar-refractivity contribution in [2.75, 3.05) is 13.7 Å². The number of unbranched alkanes of at least 4 members (excludes halogenated alkanes) is 2. The second-order valence-corrected chi connectivity index (χ2v) is 7.66. The zero-order valence-corrected chi connectivity index (χ0v) is 17.5. The molecule has 32 heavy (non-hydrogen) atoms. The molecule has 2 aromatic carbocycles. The van der Waals surface area contributed by atoms with Crippen LogP contribution in [0.5, 0.6) is 11.5 Å². The van der Waals surface area contributed by atoms with E-state index in [2.05, 4.69) is 0 Å². The molecule has 5 nitrogen and oxygen atoms in total. The maximum Gasteiger partial charge on any atom is 0.303 e. The highest BCUT2D eigenvalue weighted by molar-refractivity contribution is 5.67. The lowest BCUT2D eigenvalue weighted by atomic mass is 9.92. The first kappa shape index (κ1) is 23.8. The predicted molar refractivity (Wildman–Crippen MR) is 108 cm³/mol. The Morgan fingerprint density at radius 1 is 0.969 bits per heavy atom. The highest BCUT2D eigenvalue weighted by atomic mass is 19.2. The van der Waals surface area contributed by atoms with Crippen molar-refractivity contribution in [3.63, 3.8) is 0 Å². The van der Waals surface area contributed by atoms with Crippen LogP contribution in [0, 0.1) is 23.3 Å². The Balaban J connectivity index is 1.70. The number of carbonyl (C=O) groups is 1. The van der Waals surface area contributed by atoms with E-state index in [9.17, 15) is 22.4 Å². The number of hydrogen-bond donors (Lipinski definition) is 1. The summed E-state index contributed by atoms with van der Waals surface area (Å²) < 4.78 is 73.3. The third-order valence-corrected chi connectivity index (χ3v) is 5.28. The molecule has 0 radical (unpaired) electrons. The van der Waals surface area contributed by atoms with Gasteiger partial charge >= 0.3 is 5.97 Å². The maximum atomic E-state index is 14.5. The molecule has 0 bridgehead atoms. The molecule has 1 aliphatic rings. The largest absolute Gasteiger partial charge is 0.490 e. The number of carboxylic acid groups (broad SMARTS) is 1. The van der Waals surface area contributed by atoms with Crippen LogP contribution in [0.25, 0.3) is 11.1 Å². The number of benzene rings is 2. The van der Waals surface area contributed by atoms with Gasteiger partial charge in [0, 0.05) is 38.0 Å². The van der Waals surface area contributed by atoms with Gasteiger partial charge in [0.2, 0.25) is 0 Å². The van der Waals surface area contributed by atoms with Crippen molar-refractivity contribution in [1.82, 2.24) is 0 Å². The highest BCUT2D eigenvalue weighted by Crippen LogP contribution is 2.35. The normalized spacial score (nSPS) is 17.7. The van der Waals surface area contributed by atoms with Crippen molar-refractivity contribution in [3.05, 3.63) is 47.5 Å². The van der Waals surface area contributed by atoms with Gasteiger partial charge in [0.05, 0.1) is 12.7 Å². The smallest absolute Gasteiger partial charge is 0.303 e. The quantitative estimate of drug-likeness (QED) is 0.358. The first-order valence-corrected chi connectivity index (χ1v) is 10.3. The van der Waals surface area contributed by atoms with E-state index < -0.39 is 35.0 Å². The topological polar surface area (TPSA) is 65.0 Å². The van der Waals surface area contributed by atoms with Crippen molar-refractivity contribution < 1.29 is 41.7 Å². The SMILES string of the molecule is COC1CC(Oc2cc(F)c(F)c(-c3cc(F)c(OCCCCCC(=O)O)c(F)c3)c2)C1. The molecule has 0 aromatic heterocycles. The number of ether oxygens (including phenoxy) is 3. The van der Waals surface area contributed by atoms with E-state index in [-0.39, 0.29) is 42.1 Å². The number of methoxy groups -OCH3 is 1. The molecule has 9 heteroatoms. The van der Waals surface area contributed by atoms with E-state index in [0.29, 0.717) is 32.1 Å². The number of rotatable bonds is 11. The maximum absolute atomic E-state index is 14.5. The van der Waals surface area contributed by atoms with Crippen molar-refractivity contribution >= 4 is 5.97 Å².